The first-order valence-electron chi connectivity index (χ1n) is 8.45. The van der Waals surface area contributed by atoms with E-state index in [4.69, 9.17) is 5.11 Å². The minimum Gasteiger partial charge on any atom is -0.481 e. The second kappa shape index (κ2) is 16.0. The summed E-state index contributed by atoms with van der Waals surface area (Å²) in [4.78, 5) is 10.3. The molecule has 0 rings (SSSR count). The van der Waals surface area contributed by atoms with Crippen LogP contribution in [-0.2, 0) is 4.79 Å². The van der Waals surface area contributed by atoms with Crippen LogP contribution in [-0.4, -0.2) is 33.5 Å². The lowest BCUT2D eigenvalue weighted by molar-refractivity contribution is -0.137. The lowest BCUT2D eigenvalue weighted by atomic mass is 10.1. The summed E-state index contributed by atoms with van der Waals surface area (Å²) in [5.41, 5.74) is 0. The Bertz CT molecular complexity index is 458. The van der Waals surface area contributed by atoms with E-state index in [-0.39, 0.29) is 6.42 Å². The summed E-state index contributed by atoms with van der Waals surface area (Å²) in [6.45, 7) is 2.09. The number of aliphatic hydroxyl groups excluding tert-OH is 2. The number of aliphatic hydroxyl groups is 2. The maximum absolute atomic E-state index is 10.3. The smallest absolute Gasteiger partial charge is 0.303 e. The molecular weight excluding hydrogens is 304 g/mol. The van der Waals surface area contributed by atoms with Crippen LogP contribution in [0.3, 0.4) is 0 Å². The highest BCUT2D eigenvalue weighted by Crippen LogP contribution is 2.02. The monoisotopic (exact) mass is 334 g/mol. The molecule has 0 radical (unpaired) electrons. The van der Waals surface area contributed by atoms with E-state index in [1.165, 1.54) is 0 Å². The van der Waals surface area contributed by atoms with Crippen molar-refractivity contribution in [3.63, 3.8) is 0 Å². The molecule has 0 aromatic heterocycles. The first-order chi connectivity index (χ1) is 11.6. The minimum atomic E-state index is -0.845. The summed E-state index contributed by atoms with van der Waals surface area (Å²) in [5, 5.41) is 27.8. The van der Waals surface area contributed by atoms with Gasteiger partial charge in [-0.15, -0.1) is 0 Å². The predicted octanol–water partition coefficient (Wildman–Crippen LogP) is 3.93. The Morgan fingerprint density at radius 1 is 0.917 bits per heavy atom. The number of allylic oxidation sites excluding steroid dienone is 7. The molecule has 2 atom stereocenters. The van der Waals surface area contributed by atoms with Crippen LogP contribution in [0.2, 0.25) is 0 Å². The number of carboxylic acid groups (broad SMARTS) is 1. The van der Waals surface area contributed by atoms with E-state index in [1.54, 1.807) is 36.5 Å². The highest BCUT2D eigenvalue weighted by molar-refractivity contribution is 5.66. The number of carboxylic acids is 1. The molecule has 0 aromatic rings. The van der Waals surface area contributed by atoms with Crippen molar-refractivity contribution >= 4 is 5.97 Å². The molecule has 0 saturated heterocycles. The van der Waals surface area contributed by atoms with Gasteiger partial charge in [-0.05, 0) is 32.1 Å². The van der Waals surface area contributed by atoms with Crippen molar-refractivity contribution in [3.8, 4) is 0 Å². The van der Waals surface area contributed by atoms with Crippen molar-refractivity contribution < 1.29 is 20.1 Å². The molecule has 0 saturated carbocycles. The summed E-state index contributed by atoms with van der Waals surface area (Å²) in [5.74, 6) is -0.845. The fraction of sp³-hybridized carbons (Fsp3) is 0.450. The maximum Gasteiger partial charge on any atom is 0.303 e. The zero-order valence-corrected chi connectivity index (χ0v) is 14.4. The van der Waals surface area contributed by atoms with Gasteiger partial charge in [-0.2, -0.15) is 0 Å². The van der Waals surface area contributed by atoms with Crippen LogP contribution in [0.4, 0.5) is 0 Å². The molecular formula is C20H30O4. The Morgan fingerprint density at radius 3 is 2.17 bits per heavy atom. The minimum absolute atomic E-state index is 0.0741. The molecule has 0 fully saturated rings. The topological polar surface area (TPSA) is 77.8 Å². The summed E-state index contributed by atoms with van der Waals surface area (Å²) in [6, 6.07) is 0. The number of aliphatic carboxylic acids is 1. The van der Waals surface area contributed by atoms with Crippen LogP contribution < -0.4 is 0 Å². The van der Waals surface area contributed by atoms with Crippen LogP contribution in [0.1, 0.15) is 45.4 Å². The van der Waals surface area contributed by atoms with Crippen LogP contribution in [0.5, 0.6) is 0 Å². The molecule has 3 N–H and O–H groups in total. The molecule has 0 aliphatic rings. The fourth-order valence-electron chi connectivity index (χ4n) is 1.82. The first-order valence-corrected chi connectivity index (χ1v) is 8.45. The predicted molar refractivity (Wildman–Crippen MR) is 98.7 cm³/mol. The molecule has 4 nitrogen and oxygen atoms in total. The van der Waals surface area contributed by atoms with E-state index in [0.717, 1.165) is 12.8 Å². The molecule has 0 aromatic carbocycles. The quantitative estimate of drug-likeness (QED) is 0.352. The third-order valence-corrected chi connectivity index (χ3v) is 3.11. The van der Waals surface area contributed by atoms with Crippen molar-refractivity contribution in [3.05, 3.63) is 60.8 Å². The van der Waals surface area contributed by atoms with E-state index in [9.17, 15) is 15.0 Å². The fourth-order valence-corrected chi connectivity index (χ4v) is 1.82. The zero-order chi connectivity index (χ0) is 18.0. The number of carbonyl (C=O) groups is 1. The number of hydrogen-bond donors (Lipinski definition) is 3. The van der Waals surface area contributed by atoms with Gasteiger partial charge in [0.25, 0.3) is 0 Å². The molecule has 0 heterocycles. The SMILES string of the molecule is CC/C=C/C/C=C/C[C@@H](O)/C=C/C=C/C=C[C@@H](O)CCCC(=O)O. The Morgan fingerprint density at radius 2 is 1.54 bits per heavy atom. The van der Waals surface area contributed by atoms with Crippen LogP contribution >= 0.6 is 0 Å². The van der Waals surface area contributed by atoms with Gasteiger partial charge in [0, 0.05) is 6.42 Å². The maximum atomic E-state index is 10.3. The highest BCUT2D eigenvalue weighted by Gasteiger charge is 2.01. The van der Waals surface area contributed by atoms with Gasteiger partial charge in [0.15, 0.2) is 0 Å². The summed E-state index contributed by atoms with van der Waals surface area (Å²) < 4.78 is 0. The van der Waals surface area contributed by atoms with Crippen molar-refractivity contribution in [2.45, 2.75) is 57.7 Å². The molecule has 134 valence electrons. The first kappa shape index (κ1) is 22.1. The van der Waals surface area contributed by atoms with Gasteiger partial charge in [-0.25, -0.2) is 0 Å². The van der Waals surface area contributed by atoms with Gasteiger partial charge in [0.1, 0.15) is 0 Å². The Kier molecular flexibility index (Phi) is 14.7. The number of rotatable bonds is 13. The van der Waals surface area contributed by atoms with Crippen LogP contribution in [0.25, 0.3) is 0 Å². The summed E-state index contributed by atoms with van der Waals surface area (Å²) >= 11 is 0. The van der Waals surface area contributed by atoms with Crippen molar-refractivity contribution in [1.29, 1.82) is 0 Å². The average Bonchev–Trinajstić information content (AvgIpc) is 2.53. The largest absolute Gasteiger partial charge is 0.481 e. The third kappa shape index (κ3) is 16.5. The Balaban J connectivity index is 3.87. The molecule has 4 heteroatoms. The second-order valence-electron chi connectivity index (χ2n) is 5.40. The van der Waals surface area contributed by atoms with E-state index >= 15 is 0 Å². The average molecular weight is 334 g/mol. The molecule has 0 amide bonds. The highest BCUT2D eigenvalue weighted by atomic mass is 16.4. The molecule has 0 unspecified atom stereocenters. The summed E-state index contributed by atoms with van der Waals surface area (Å²) in [6.07, 6.45) is 20.9. The Hall–Kier alpha value is -1.91. The van der Waals surface area contributed by atoms with Crippen LogP contribution in [0, 0.1) is 0 Å². The van der Waals surface area contributed by atoms with Crippen molar-refractivity contribution in [2.75, 3.05) is 0 Å². The molecule has 0 aliphatic carbocycles. The lowest BCUT2D eigenvalue weighted by Gasteiger charge is -2.02. The van der Waals surface area contributed by atoms with Gasteiger partial charge in [-0.3, -0.25) is 4.79 Å². The number of hydrogen-bond acceptors (Lipinski definition) is 3. The van der Waals surface area contributed by atoms with Crippen LogP contribution in [0.15, 0.2) is 60.8 Å². The van der Waals surface area contributed by atoms with Gasteiger partial charge in [0.05, 0.1) is 12.2 Å². The second-order valence-corrected chi connectivity index (χ2v) is 5.40. The van der Waals surface area contributed by atoms with Gasteiger partial charge in [-0.1, -0.05) is 67.7 Å². The van der Waals surface area contributed by atoms with Crippen molar-refractivity contribution in [1.82, 2.24) is 0 Å². The van der Waals surface area contributed by atoms with E-state index in [2.05, 4.69) is 19.1 Å². The lowest BCUT2D eigenvalue weighted by Crippen LogP contribution is -2.03. The van der Waals surface area contributed by atoms with Gasteiger partial charge < -0.3 is 15.3 Å². The molecule has 24 heavy (non-hydrogen) atoms. The molecule has 0 aliphatic heterocycles. The van der Waals surface area contributed by atoms with E-state index < -0.39 is 18.2 Å². The van der Waals surface area contributed by atoms with Gasteiger partial charge in [0.2, 0.25) is 0 Å². The van der Waals surface area contributed by atoms with E-state index in [1.807, 2.05) is 12.2 Å². The van der Waals surface area contributed by atoms with Gasteiger partial charge >= 0.3 is 5.97 Å². The normalized spacial score (nSPS) is 15.5. The zero-order valence-electron chi connectivity index (χ0n) is 14.4. The summed E-state index contributed by atoms with van der Waals surface area (Å²) in [7, 11) is 0. The van der Waals surface area contributed by atoms with Crippen molar-refractivity contribution in [2.24, 2.45) is 0 Å². The molecule has 0 bridgehead atoms. The third-order valence-electron chi connectivity index (χ3n) is 3.11. The Labute approximate surface area is 145 Å². The van der Waals surface area contributed by atoms with E-state index in [0.29, 0.717) is 19.3 Å². The standard InChI is InChI=1S/C20H30O4/c1-2-3-4-5-6-9-13-18(21)14-10-7-8-11-15-19(22)16-12-17-20(23)24/h3-4,6-11,14-15,18-19,21-22H,2,5,12-13,16-17H2,1H3,(H,23,24)/b4-3+,8-7+,9-6+,14-10+,15-11?/t18-,19-/m1/s1. The molecule has 0 spiro atoms.